The zero-order chi connectivity index (χ0) is 21.8. The van der Waals surface area contributed by atoms with E-state index in [-0.39, 0.29) is 5.91 Å². The summed E-state index contributed by atoms with van der Waals surface area (Å²) < 4.78 is 0. The van der Waals surface area contributed by atoms with E-state index in [4.69, 9.17) is 9.97 Å². The zero-order valence-corrected chi connectivity index (χ0v) is 18.8. The van der Waals surface area contributed by atoms with Crippen molar-refractivity contribution in [1.82, 2.24) is 20.2 Å². The van der Waals surface area contributed by atoms with Gasteiger partial charge in [0.05, 0.1) is 5.69 Å². The minimum Gasteiger partial charge on any atom is -0.356 e. The monoisotopic (exact) mass is 437 g/mol. The number of anilines is 4. The molecule has 1 aliphatic heterocycles. The van der Waals surface area contributed by atoms with Crippen LogP contribution in [0.1, 0.15) is 32.4 Å². The number of carbonyl (C=O) groups is 1. The average Bonchev–Trinajstić information content (AvgIpc) is 3.37. The first kappa shape index (κ1) is 21.2. The lowest BCUT2D eigenvalue weighted by atomic mass is 10.2. The van der Waals surface area contributed by atoms with E-state index in [9.17, 15) is 4.79 Å². The van der Waals surface area contributed by atoms with Gasteiger partial charge in [0.15, 0.2) is 5.16 Å². The Balaban J connectivity index is 1.56. The Hall–Kier alpha value is -3.07. The van der Waals surface area contributed by atoms with Crippen molar-refractivity contribution in [3.63, 3.8) is 0 Å². The maximum Gasteiger partial charge on any atom is 0.224 e. The molecule has 1 aliphatic rings. The van der Waals surface area contributed by atoms with Crippen molar-refractivity contribution in [2.75, 3.05) is 28.6 Å². The van der Waals surface area contributed by atoms with E-state index >= 15 is 0 Å². The van der Waals surface area contributed by atoms with Crippen LogP contribution in [-0.2, 0) is 4.79 Å². The van der Waals surface area contributed by atoms with Crippen molar-refractivity contribution in [3.8, 4) is 0 Å². The second kappa shape index (κ2) is 9.38. The minimum absolute atomic E-state index is 0.000962. The zero-order valence-electron chi connectivity index (χ0n) is 18.0. The van der Waals surface area contributed by atoms with Crippen LogP contribution in [0.3, 0.4) is 0 Å². The van der Waals surface area contributed by atoms with Crippen LogP contribution in [0.2, 0.25) is 0 Å². The number of carbonyl (C=O) groups excluding carboxylic acids is 1. The summed E-state index contributed by atoms with van der Waals surface area (Å²) in [5.41, 5.74) is 1.70. The number of aromatic amines is 1. The van der Waals surface area contributed by atoms with Crippen LogP contribution in [0, 0.1) is 12.8 Å². The number of H-pyrrole nitrogens is 1. The molecule has 0 aliphatic carbocycles. The summed E-state index contributed by atoms with van der Waals surface area (Å²) in [6.45, 7) is 8.03. The predicted molar refractivity (Wildman–Crippen MR) is 124 cm³/mol. The predicted octanol–water partition coefficient (Wildman–Crippen LogP) is 4.60. The summed E-state index contributed by atoms with van der Waals surface area (Å²) in [5.74, 6) is 3.10. The van der Waals surface area contributed by atoms with Gasteiger partial charge >= 0.3 is 0 Å². The van der Waals surface area contributed by atoms with Crippen molar-refractivity contribution in [3.05, 3.63) is 42.1 Å². The van der Waals surface area contributed by atoms with Gasteiger partial charge in [-0.2, -0.15) is 5.10 Å². The number of aryl methyl sites for hydroxylation is 1. The standard InChI is InChI=1S/C22H27N7OS/c1-4-21(30)23-16-5-7-17(8-6-16)31-22-25-18(24-19-11-15(3)27-28-19)12-20(26-22)29-10-9-14(2)13-29/h5-8,11-12,14H,4,9-10,13H2,1-3H3,(H,23,30)(H2,24,25,26,27,28). The van der Waals surface area contributed by atoms with Gasteiger partial charge < -0.3 is 15.5 Å². The molecule has 1 unspecified atom stereocenters. The lowest BCUT2D eigenvalue weighted by molar-refractivity contribution is -0.115. The molecule has 1 aromatic carbocycles. The average molecular weight is 438 g/mol. The largest absolute Gasteiger partial charge is 0.356 e. The molecule has 3 aromatic rings. The molecule has 3 heterocycles. The third-order valence-electron chi connectivity index (χ3n) is 5.08. The third-order valence-corrected chi connectivity index (χ3v) is 5.95. The van der Waals surface area contributed by atoms with Crippen LogP contribution in [0.15, 0.2) is 46.5 Å². The SMILES string of the molecule is CCC(=O)Nc1ccc(Sc2nc(Nc3cc(C)n[nH]3)cc(N3CCC(C)C3)n2)cc1. The molecule has 1 atom stereocenters. The molecule has 4 rings (SSSR count). The summed E-state index contributed by atoms with van der Waals surface area (Å²) in [6, 6.07) is 11.7. The fourth-order valence-electron chi connectivity index (χ4n) is 3.41. The number of rotatable bonds is 7. The number of hydrogen-bond donors (Lipinski definition) is 3. The number of nitrogens with zero attached hydrogens (tertiary/aromatic N) is 4. The molecule has 9 heteroatoms. The lowest BCUT2D eigenvalue weighted by Gasteiger charge is -2.18. The topological polar surface area (TPSA) is 98.8 Å². The molecular weight excluding hydrogens is 410 g/mol. The Kier molecular flexibility index (Phi) is 6.41. The first-order valence-electron chi connectivity index (χ1n) is 10.5. The van der Waals surface area contributed by atoms with Gasteiger partial charge in [-0.1, -0.05) is 13.8 Å². The molecular formula is C22H27N7OS. The van der Waals surface area contributed by atoms with E-state index in [1.54, 1.807) is 0 Å². The number of amides is 1. The second-order valence-corrected chi connectivity index (χ2v) is 8.85. The van der Waals surface area contributed by atoms with E-state index in [2.05, 4.69) is 32.7 Å². The van der Waals surface area contributed by atoms with Crippen LogP contribution in [0.25, 0.3) is 0 Å². The Labute approximate surface area is 186 Å². The molecule has 2 aromatic heterocycles. The number of aromatic nitrogens is 4. The van der Waals surface area contributed by atoms with E-state index in [0.717, 1.165) is 46.8 Å². The van der Waals surface area contributed by atoms with Gasteiger partial charge in [0.2, 0.25) is 5.91 Å². The summed E-state index contributed by atoms with van der Waals surface area (Å²) in [6.07, 6.45) is 1.62. The highest BCUT2D eigenvalue weighted by molar-refractivity contribution is 7.99. The second-order valence-electron chi connectivity index (χ2n) is 7.81. The van der Waals surface area contributed by atoms with Crippen LogP contribution in [0.5, 0.6) is 0 Å². The van der Waals surface area contributed by atoms with Crippen LogP contribution in [0.4, 0.5) is 23.1 Å². The van der Waals surface area contributed by atoms with Gasteiger partial charge in [-0.05, 0) is 55.3 Å². The van der Waals surface area contributed by atoms with Crippen molar-refractivity contribution >= 4 is 40.8 Å². The molecule has 1 amide bonds. The molecule has 0 spiro atoms. The molecule has 162 valence electrons. The summed E-state index contributed by atoms with van der Waals surface area (Å²) in [5, 5.41) is 14.0. The van der Waals surface area contributed by atoms with Crippen molar-refractivity contribution in [1.29, 1.82) is 0 Å². The number of nitrogens with one attached hydrogen (secondary N) is 3. The molecule has 0 radical (unpaired) electrons. The van der Waals surface area contributed by atoms with Gasteiger partial charge in [-0.25, -0.2) is 9.97 Å². The van der Waals surface area contributed by atoms with Gasteiger partial charge in [0.25, 0.3) is 0 Å². The molecule has 0 bridgehead atoms. The minimum atomic E-state index is 0.000962. The maximum atomic E-state index is 11.6. The first-order chi connectivity index (χ1) is 15.0. The number of benzene rings is 1. The van der Waals surface area contributed by atoms with Crippen molar-refractivity contribution in [2.24, 2.45) is 5.92 Å². The molecule has 1 saturated heterocycles. The van der Waals surface area contributed by atoms with Crippen LogP contribution >= 0.6 is 11.8 Å². The Morgan fingerprint density at radius 1 is 1.26 bits per heavy atom. The fraction of sp³-hybridized carbons (Fsp3) is 0.364. The summed E-state index contributed by atoms with van der Waals surface area (Å²) in [7, 11) is 0. The van der Waals surface area contributed by atoms with E-state index in [0.29, 0.717) is 17.5 Å². The van der Waals surface area contributed by atoms with Crippen LogP contribution in [-0.4, -0.2) is 39.2 Å². The quantitative estimate of drug-likeness (QED) is 0.465. The molecule has 8 nitrogen and oxygen atoms in total. The lowest BCUT2D eigenvalue weighted by Crippen LogP contribution is -2.21. The van der Waals surface area contributed by atoms with Gasteiger partial charge in [0.1, 0.15) is 17.5 Å². The Morgan fingerprint density at radius 2 is 2.06 bits per heavy atom. The van der Waals surface area contributed by atoms with E-state index in [1.807, 2.05) is 50.2 Å². The van der Waals surface area contributed by atoms with Crippen molar-refractivity contribution < 1.29 is 4.79 Å². The van der Waals surface area contributed by atoms with E-state index < -0.39 is 0 Å². The first-order valence-corrected chi connectivity index (χ1v) is 11.3. The highest BCUT2D eigenvalue weighted by atomic mass is 32.2. The highest BCUT2D eigenvalue weighted by Crippen LogP contribution is 2.31. The molecule has 31 heavy (non-hydrogen) atoms. The van der Waals surface area contributed by atoms with Crippen LogP contribution < -0.4 is 15.5 Å². The van der Waals surface area contributed by atoms with Gasteiger partial charge in [0, 0.05) is 42.2 Å². The smallest absolute Gasteiger partial charge is 0.224 e. The highest BCUT2D eigenvalue weighted by Gasteiger charge is 2.21. The molecule has 0 saturated carbocycles. The molecule has 1 fully saturated rings. The third kappa shape index (κ3) is 5.55. The summed E-state index contributed by atoms with van der Waals surface area (Å²) in [4.78, 5) is 24.4. The van der Waals surface area contributed by atoms with Crippen molar-refractivity contribution in [2.45, 2.75) is 43.7 Å². The van der Waals surface area contributed by atoms with Gasteiger partial charge in [-0.3, -0.25) is 9.89 Å². The maximum absolute atomic E-state index is 11.6. The Morgan fingerprint density at radius 3 is 2.71 bits per heavy atom. The summed E-state index contributed by atoms with van der Waals surface area (Å²) >= 11 is 1.50. The van der Waals surface area contributed by atoms with E-state index in [1.165, 1.54) is 18.2 Å². The number of hydrogen-bond acceptors (Lipinski definition) is 7. The molecule has 3 N–H and O–H groups in total. The normalized spacial score (nSPS) is 15.8. The van der Waals surface area contributed by atoms with Gasteiger partial charge in [-0.15, -0.1) is 0 Å². The fourth-order valence-corrected chi connectivity index (χ4v) is 4.18. The Bertz CT molecular complexity index is 1050.